The quantitative estimate of drug-likeness (QED) is 0.288. The highest BCUT2D eigenvalue weighted by molar-refractivity contribution is 6.31. The van der Waals surface area contributed by atoms with Crippen LogP contribution in [-0.2, 0) is 6.42 Å². The molecule has 1 aliphatic carbocycles. The van der Waals surface area contributed by atoms with E-state index in [2.05, 4.69) is 20.6 Å². The molecule has 1 atom stereocenters. The first kappa shape index (κ1) is 21.9. The minimum Gasteiger partial charge on any atom is -0.618 e. The number of benzene rings is 2. The Morgan fingerprint density at radius 2 is 2.03 bits per heavy atom. The normalized spacial score (nSPS) is 14.6. The Morgan fingerprint density at radius 1 is 1.14 bits per heavy atom. The van der Waals surface area contributed by atoms with Gasteiger partial charge >= 0.3 is 5.97 Å². The number of hydrogen-bond acceptors (Lipinski definition) is 6. The Morgan fingerprint density at radius 3 is 2.83 bits per heavy atom. The number of aryl methyl sites for hydroxylation is 1. The summed E-state index contributed by atoms with van der Waals surface area (Å²) in [6, 6.07) is 13.8. The third-order valence-electron chi connectivity index (χ3n) is 6.38. The fraction of sp³-hybridized carbons (Fsp3) is 0.120. The highest BCUT2D eigenvalue weighted by atomic mass is 35.5. The first-order chi connectivity index (χ1) is 17.5. The molecule has 11 heteroatoms. The number of fused-ring (bicyclic) bond motifs is 1. The van der Waals surface area contributed by atoms with Crippen LogP contribution in [0.5, 0.6) is 0 Å². The number of carbonyl (C=O) groups is 1. The second-order valence-electron chi connectivity index (χ2n) is 8.53. The summed E-state index contributed by atoms with van der Waals surface area (Å²) in [5.74, 6) is -0.986. The lowest BCUT2D eigenvalue weighted by atomic mass is 10.0. The smallest absolute Gasteiger partial charge is 0.335 e. The van der Waals surface area contributed by atoms with E-state index >= 15 is 0 Å². The van der Waals surface area contributed by atoms with Gasteiger partial charge in [-0.15, -0.1) is 5.10 Å². The van der Waals surface area contributed by atoms with Crippen molar-refractivity contribution in [2.45, 2.75) is 18.9 Å². The number of carboxylic acids is 1. The predicted octanol–water partition coefficient (Wildman–Crippen LogP) is 3.71. The molecule has 1 aliphatic rings. The highest BCUT2D eigenvalue weighted by Crippen LogP contribution is 2.36. The zero-order valence-corrected chi connectivity index (χ0v) is 19.4. The van der Waals surface area contributed by atoms with Crippen molar-refractivity contribution in [3.63, 3.8) is 0 Å². The van der Waals surface area contributed by atoms with Crippen molar-refractivity contribution in [2.75, 3.05) is 0 Å². The van der Waals surface area contributed by atoms with Gasteiger partial charge in [0.2, 0.25) is 5.69 Å². The summed E-state index contributed by atoms with van der Waals surface area (Å²) in [5, 5.41) is 39.0. The number of nitrogens with zero attached hydrogens (tertiary/aromatic N) is 7. The van der Waals surface area contributed by atoms with Gasteiger partial charge in [0.25, 0.3) is 0 Å². The molecule has 1 unspecified atom stereocenters. The van der Waals surface area contributed by atoms with Crippen molar-refractivity contribution in [2.24, 2.45) is 0 Å². The average Bonchev–Trinajstić information content (AvgIpc) is 3.64. The molecule has 5 aromatic rings. The third-order valence-corrected chi connectivity index (χ3v) is 6.62. The molecule has 0 aliphatic heterocycles. The molecule has 1 N–H and O–H groups in total. The van der Waals surface area contributed by atoms with Crippen LogP contribution in [0.4, 0.5) is 0 Å². The van der Waals surface area contributed by atoms with Gasteiger partial charge in [-0.1, -0.05) is 23.7 Å². The van der Waals surface area contributed by atoms with E-state index in [4.69, 9.17) is 11.6 Å². The molecule has 2 aromatic carbocycles. The molecule has 0 amide bonds. The van der Waals surface area contributed by atoms with E-state index in [9.17, 15) is 15.1 Å². The lowest BCUT2D eigenvalue weighted by Crippen LogP contribution is -2.34. The number of hydrogen-bond donors (Lipinski definition) is 1. The Labute approximate surface area is 209 Å². The van der Waals surface area contributed by atoms with Gasteiger partial charge in [-0.05, 0) is 65.2 Å². The number of carboxylic acid groups (broad SMARTS) is 1. The number of aromatic nitrogens is 7. The number of rotatable bonds is 5. The van der Waals surface area contributed by atoms with Crippen molar-refractivity contribution >= 4 is 17.6 Å². The first-order valence-corrected chi connectivity index (χ1v) is 11.5. The Kier molecular flexibility index (Phi) is 5.23. The number of aromatic carboxylic acids is 1. The van der Waals surface area contributed by atoms with E-state index in [1.54, 1.807) is 41.2 Å². The predicted molar refractivity (Wildman–Crippen MR) is 130 cm³/mol. The van der Waals surface area contributed by atoms with E-state index in [1.165, 1.54) is 17.2 Å². The number of halogens is 1. The van der Waals surface area contributed by atoms with Crippen LogP contribution in [0, 0.1) is 5.21 Å². The summed E-state index contributed by atoms with van der Waals surface area (Å²) < 4.78 is 4.20. The molecule has 3 heterocycles. The Balaban J connectivity index is 1.37. The molecule has 0 spiro atoms. The summed E-state index contributed by atoms with van der Waals surface area (Å²) in [6.45, 7) is 0. The van der Waals surface area contributed by atoms with Crippen LogP contribution in [0.2, 0.25) is 5.02 Å². The van der Waals surface area contributed by atoms with Crippen molar-refractivity contribution < 1.29 is 14.6 Å². The molecule has 178 valence electrons. The van der Waals surface area contributed by atoms with Crippen molar-refractivity contribution in [1.82, 2.24) is 30.0 Å². The van der Waals surface area contributed by atoms with Gasteiger partial charge < -0.3 is 10.3 Å². The van der Waals surface area contributed by atoms with Crippen molar-refractivity contribution in [3.8, 4) is 27.9 Å². The van der Waals surface area contributed by atoms with E-state index in [0.717, 1.165) is 27.0 Å². The van der Waals surface area contributed by atoms with Crippen LogP contribution in [-0.4, -0.2) is 41.1 Å². The standard InChI is InChI=1S/C25H18ClN7O3/c26-20-5-7-22(32-14-27-29-30-32)21(10-20)18-9-16-4-6-23(24(16)33(36)13-18)31-12-19(11-28-31)15-2-1-3-17(8-15)25(34)35/h1-3,5,7-14,23H,4,6H2,(H,34,35). The molecule has 0 saturated heterocycles. The maximum absolute atomic E-state index is 13.3. The summed E-state index contributed by atoms with van der Waals surface area (Å²) in [6.07, 6.45) is 7.99. The van der Waals surface area contributed by atoms with Gasteiger partial charge in [0.05, 0.1) is 17.4 Å². The van der Waals surface area contributed by atoms with Crippen molar-refractivity contribution in [1.29, 1.82) is 0 Å². The van der Waals surface area contributed by atoms with Crippen LogP contribution >= 0.6 is 11.6 Å². The summed E-state index contributed by atoms with van der Waals surface area (Å²) >= 11 is 6.28. The molecular weight excluding hydrogens is 482 g/mol. The number of tetrazole rings is 1. The number of pyridine rings is 1. The second-order valence-corrected chi connectivity index (χ2v) is 8.97. The lowest BCUT2D eigenvalue weighted by Gasteiger charge is -2.14. The molecular formula is C25H18ClN7O3. The highest BCUT2D eigenvalue weighted by Gasteiger charge is 2.33. The van der Waals surface area contributed by atoms with Gasteiger partial charge in [-0.3, -0.25) is 4.68 Å². The van der Waals surface area contributed by atoms with Gasteiger partial charge in [0, 0.05) is 33.5 Å². The molecule has 0 fully saturated rings. The Hall–Kier alpha value is -4.57. The fourth-order valence-electron chi connectivity index (χ4n) is 4.73. The van der Waals surface area contributed by atoms with Gasteiger partial charge in [0.15, 0.2) is 6.20 Å². The molecule has 0 bridgehead atoms. The largest absolute Gasteiger partial charge is 0.618 e. The summed E-state index contributed by atoms with van der Waals surface area (Å²) in [7, 11) is 0. The summed E-state index contributed by atoms with van der Waals surface area (Å²) in [5.41, 5.74) is 5.47. The summed E-state index contributed by atoms with van der Waals surface area (Å²) in [4.78, 5) is 11.3. The first-order valence-electron chi connectivity index (χ1n) is 11.1. The van der Waals surface area contributed by atoms with Crippen LogP contribution in [0.1, 0.15) is 34.1 Å². The third kappa shape index (κ3) is 3.77. The van der Waals surface area contributed by atoms with E-state index in [0.29, 0.717) is 34.8 Å². The molecule has 6 rings (SSSR count). The van der Waals surface area contributed by atoms with E-state index < -0.39 is 5.97 Å². The van der Waals surface area contributed by atoms with Crippen molar-refractivity contribution in [3.05, 3.63) is 100 Å². The second kappa shape index (κ2) is 8.58. The van der Waals surface area contributed by atoms with Gasteiger partial charge in [0.1, 0.15) is 12.4 Å². The lowest BCUT2D eigenvalue weighted by molar-refractivity contribution is -0.615. The molecule has 0 radical (unpaired) electrons. The zero-order chi connectivity index (χ0) is 24.8. The topological polar surface area (TPSA) is 126 Å². The van der Waals surface area contributed by atoms with Crippen LogP contribution in [0.3, 0.4) is 0 Å². The molecule has 3 aromatic heterocycles. The molecule has 36 heavy (non-hydrogen) atoms. The molecule has 0 saturated carbocycles. The monoisotopic (exact) mass is 499 g/mol. The van der Waals surface area contributed by atoms with Gasteiger partial charge in [-0.25, -0.2) is 4.79 Å². The van der Waals surface area contributed by atoms with E-state index in [-0.39, 0.29) is 11.6 Å². The zero-order valence-electron chi connectivity index (χ0n) is 18.7. The maximum atomic E-state index is 13.3. The fourth-order valence-corrected chi connectivity index (χ4v) is 4.90. The molecule has 10 nitrogen and oxygen atoms in total. The van der Waals surface area contributed by atoms with Crippen LogP contribution in [0.15, 0.2) is 73.4 Å². The van der Waals surface area contributed by atoms with Crippen LogP contribution < -0.4 is 4.73 Å². The maximum Gasteiger partial charge on any atom is 0.335 e. The Bertz CT molecular complexity index is 1610. The SMILES string of the molecule is O=C(O)c1cccc(-c2cnn(C3CCc4cc(-c5cc(Cl)ccc5-n5cnnn5)c[n+]([O-])c43)c2)c1. The average molecular weight is 500 g/mol. The minimum atomic E-state index is -0.986. The minimum absolute atomic E-state index is 0.207. The van der Waals surface area contributed by atoms with Gasteiger partial charge in [-0.2, -0.15) is 14.5 Å². The van der Waals surface area contributed by atoms with E-state index in [1.807, 2.05) is 24.4 Å². The van der Waals surface area contributed by atoms with Crippen LogP contribution in [0.25, 0.3) is 27.9 Å².